The molecule has 4 aromatic heterocycles. The van der Waals surface area contributed by atoms with Gasteiger partial charge in [-0.15, -0.1) is 0 Å². The Kier molecular flexibility index (Phi) is 6.15. The number of aromatic nitrogens is 4. The maximum Gasteiger partial charge on any atom is 0.341 e. The molecular formula is C30H29F2N7O4. The van der Waals surface area contributed by atoms with Gasteiger partial charge in [-0.3, -0.25) is 4.79 Å². The molecule has 222 valence electrons. The number of piperidine rings is 1. The van der Waals surface area contributed by atoms with Crippen molar-refractivity contribution in [2.24, 2.45) is 13.0 Å². The number of likely N-dealkylation sites (N-methyl/N-ethyl adjacent to an activating group) is 1. The van der Waals surface area contributed by atoms with Gasteiger partial charge in [-0.05, 0) is 19.5 Å². The van der Waals surface area contributed by atoms with Crippen LogP contribution in [0, 0.1) is 17.6 Å². The Hall–Kier alpha value is -4.62. The van der Waals surface area contributed by atoms with E-state index in [1.807, 2.05) is 7.05 Å². The third-order valence-electron chi connectivity index (χ3n) is 9.08. The number of likely N-dealkylation sites (tertiary alicyclic amines) is 1. The number of pyridine rings is 3. The summed E-state index contributed by atoms with van der Waals surface area (Å²) in [5.41, 5.74) is 1.82. The van der Waals surface area contributed by atoms with Crippen molar-refractivity contribution < 1.29 is 23.8 Å². The van der Waals surface area contributed by atoms with Crippen molar-refractivity contribution in [1.82, 2.24) is 24.4 Å². The number of rotatable bonds is 4. The second-order valence-corrected chi connectivity index (χ2v) is 11.4. The monoisotopic (exact) mass is 589 g/mol. The molecule has 1 aromatic carbocycles. The van der Waals surface area contributed by atoms with Gasteiger partial charge in [0.15, 0.2) is 11.6 Å². The van der Waals surface area contributed by atoms with Crippen molar-refractivity contribution in [2.75, 3.05) is 43.9 Å². The highest BCUT2D eigenvalue weighted by molar-refractivity contribution is 6.18. The standard InChI is InChI=1S/C30H29F2N7O4/c1-33-19-7-18(31)24(32)22-23-26(39-11-16-20(12-39)37(2)5-4-21(16)40)15(9-34-28(23)36-25(19)22)13-6-14-27(41)17(30(42)43)10-38(3)29(14)35-8-13/h6-10,16,20-21,33,40H,4-5,11-12H2,1-3H3,(H,34,36)(H,42,43)/t16-,20+,21?/m0/s1. The number of benzene rings is 1. The molecule has 4 N–H and O–H groups in total. The van der Waals surface area contributed by atoms with Gasteiger partial charge in [-0.25, -0.2) is 23.5 Å². The van der Waals surface area contributed by atoms with Gasteiger partial charge < -0.3 is 34.9 Å². The third-order valence-corrected chi connectivity index (χ3v) is 9.08. The van der Waals surface area contributed by atoms with Crippen molar-refractivity contribution in [2.45, 2.75) is 18.6 Å². The molecule has 1 unspecified atom stereocenters. The summed E-state index contributed by atoms with van der Waals surface area (Å²) in [6.07, 6.45) is 4.50. The topological polar surface area (TPSA) is 140 Å². The lowest BCUT2D eigenvalue weighted by atomic mass is 9.90. The van der Waals surface area contributed by atoms with E-state index in [0.717, 1.165) is 12.6 Å². The highest BCUT2D eigenvalue weighted by atomic mass is 19.2. The molecule has 11 nitrogen and oxygen atoms in total. The van der Waals surface area contributed by atoms with Crippen LogP contribution in [0.3, 0.4) is 0 Å². The van der Waals surface area contributed by atoms with Gasteiger partial charge in [-0.1, -0.05) is 0 Å². The molecule has 6 heterocycles. The molecule has 2 aliphatic rings. The molecule has 5 aromatic rings. The van der Waals surface area contributed by atoms with E-state index in [9.17, 15) is 24.2 Å². The first-order valence-corrected chi connectivity index (χ1v) is 14.0. The van der Waals surface area contributed by atoms with E-state index in [4.69, 9.17) is 0 Å². The molecule has 2 aliphatic heterocycles. The molecule has 0 amide bonds. The van der Waals surface area contributed by atoms with Gasteiger partial charge in [0.25, 0.3) is 0 Å². The number of aromatic carboxylic acids is 1. The number of aliphatic hydroxyl groups is 1. The maximum atomic E-state index is 15.7. The number of nitrogens with zero attached hydrogens (tertiary/aromatic N) is 5. The fourth-order valence-corrected chi connectivity index (χ4v) is 6.90. The quantitative estimate of drug-likeness (QED) is 0.249. The van der Waals surface area contributed by atoms with Crippen LogP contribution in [0.5, 0.6) is 0 Å². The first kappa shape index (κ1) is 27.2. The number of H-pyrrole nitrogens is 1. The van der Waals surface area contributed by atoms with Crippen molar-refractivity contribution >= 4 is 50.3 Å². The van der Waals surface area contributed by atoms with Crippen LogP contribution in [0.4, 0.5) is 20.2 Å². The number of carbonyl (C=O) groups is 1. The summed E-state index contributed by atoms with van der Waals surface area (Å²) in [4.78, 5) is 41.5. The van der Waals surface area contributed by atoms with E-state index >= 15 is 4.39 Å². The number of carboxylic acids is 1. The summed E-state index contributed by atoms with van der Waals surface area (Å²) in [5, 5.41) is 23.9. The predicted molar refractivity (Wildman–Crippen MR) is 159 cm³/mol. The molecule has 7 rings (SSSR count). The second-order valence-electron chi connectivity index (χ2n) is 11.4. The summed E-state index contributed by atoms with van der Waals surface area (Å²) in [5.74, 6) is -3.47. The summed E-state index contributed by atoms with van der Waals surface area (Å²) in [6.45, 7) is 1.70. The number of aryl methyl sites for hydroxylation is 1. The summed E-state index contributed by atoms with van der Waals surface area (Å²) < 4.78 is 32.1. The molecule has 13 heteroatoms. The lowest BCUT2D eigenvalue weighted by molar-refractivity contribution is 0.0185. The molecule has 43 heavy (non-hydrogen) atoms. The van der Waals surface area contributed by atoms with E-state index in [0.29, 0.717) is 64.2 Å². The second kappa shape index (κ2) is 9.71. The van der Waals surface area contributed by atoms with E-state index in [1.165, 1.54) is 10.8 Å². The first-order chi connectivity index (χ1) is 20.6. The molecule has 0 radical (unpaired) electrons. The number of nitrogens with one attached hydrogen (secondary N) is 2. The number of fused-ring (bicyclic) bond motifs is 5. The Morgan fingerprint density at radius 3 is 2.65 bits per heavy atom. The number of aromatic amines is 1. The molecule has 0 spiro atoms. The molecule has 0 saturated carbocycles. The Labute approximate surface area is 243 Å². The number of carboxylic acid groups (broad SMARTS) is 1. The van der Waals surface area contributed by atoms with E-state index < -0.39 is 34.7 Å². The molecule has 0 bridgehead atoms. The molecule has 2 fully saturated rings. The van der Waals surface area contributed by atoms with Crippen LogP contribution in [0.15, 0.2) is 35.5 Å². The number of hydrogen-bond acceptors (Lipinski definition) is 8. The lowest BCUT2D eigenvalue weighted by Crippen LogP contribution is -2.48. The predicted octanol–water partition coefficient (Wildman–Crippen LogP) is 3.15. The average molecular weight is 590 g/mol. The number of halogens is 2. The first-order valence-electron chi connectivity index (χ1n) is 14.0. The van der Waals surface area contributed by atoms with Crippen molar-refractivity contribution in [3.8, 4) is 11.1 Å². The smallest absolute Gasteiger partial charge is 0.341 e. The van der Waals surface area contributed by atoms with E-state index in [-0.39, 0.29) is 22.7 Å². The third kappa shape index (κ3) is 3.98. The normalized spacial score (nSPS) is 20.8. The fourth-order valence-electron chi connectivity index (χ4n) is 6.90. The zero-order valence-electron chi connectivity index (χ0n) is 23.7. The van der Waals surface area contributed by atoms with Crippen LogP contribution in [-0.2, 0) is 7.05 Å². The minimum Gasteiger partial charge on any atom is -0.477 e. The van der Waals surface area contributed by atoms with Crippen molar-refractivity contribution in [3.05, 3.63) is 58.1 Å². The molecule has 0 aliphatic carbocycles. The van der Waals surface area contributed by atoms with Gasteiger partial charge >= 0.3 is 5.97 Å². The van der Waals surface area contributed by atoms with Crippen molar-refractivity contribution in [3.63, 3.8) is 0 Å². The largest absolute Gasteiger partial charge is 0.477 e. The summed E-state index contributed by atoms with van der Waals surface area (Å²) >= 11 is 0. The highest BCUT2D eigenvalue weighted by Gasteiger charge is 2.43. The van der Waals surface area contributed by atoms with Crippen LogP contribution in [-0.4, -0.2) is 86.5 Å². The Balaban J connectivity index is 1.54. The molecule has 3 atom stereocenters. The van der Waals surface area contributed by atoms with Gasteiger partial charge in [0, 0.05) is 81.5 Å². The lowest BCUT2D eigenvalue weighted by Gasteiger charge is -2.36. The highest BCUT2D eigenvalue weighted by Crippen LogP contribution is 2.45. The van der Waals surface area contributed by atoms with Gasteiger partial charge in [-0.2, -0.15) is 0 Å². The van der Waals surface area contributed by atoms with Gasteiger partial charge in [0.1, 0.15) is 16.9 Å². The number of aliphatic hydroxyl groups excluding tert-OH is 1. The van der Waals surface area contributed by atoms with E-state index in [1.54, 1.807) is 32.6 Å². The van der Waals surface area contributed by atoms with Crippen LogP contribution in [0.25, 0.3) is 44.1 Å². The average Bonchev–Trinajstić information content (AvgIpc) is 3.61. The fraction of sp³-hybridized carbons (Fsp3) is 0.333. The van der Waals surface area contributed by atoms with Crippen molar-refractivity contribution in [1.29, 1.82) is 0 Å². The van der Waals surface area contributed by atoms with E-state index in [2.05, 4.69) is 30.1 Å². The number of anilines is 2. The van der Waals surface area contributed by atoms with Crippen LogP contribution in [0.1, 0.15) is 16.8 Å². The molecular weight excluding hydrogens is 560 g/mol. The van der Waals surface area contributed by atoms with Gasteiger partial charge in [0.05, 0.1) is 39.2 Å². The zero-order chi connectivity index (χ0) is 30.3. The van der Waals surface area contributed by atoms with Gasteiger partial charge in [0.2, 0.25) is 5.43 Å². The summed E-state index contributed by atoms with van der Waals surface area (Å²) in [6, 6.07) is 2.68. The number of hydrogen-bond donors (Lipinski definition) is 4. The Morgan fingerprint density at radius 1 is 1.14 bits per heavy atom. The minimum absolute atomic E-state index is 0.0274. The Morgan fingerprint density at radius 2 is 1.93 bits per heavy atom. The zero-order valence-corrected chi connectivity index (χ0v) is 23.7. The molecule has 2 saturated heterocycles. The van der Waals surface area contributed by atoms with Crippen LogP contribution < -0.4 is 15.6 Å². The minimum atomic E-state index is -1.35. The van der Waals surface area contributed by atoms with Crippen LogP contribution >= 0.6 is 0 Å². The summed E-state index contributed by atoms with van der Waals surface area (Å²) in [7, 11) is 5.24. The maximum absolute atomic E-state index is 15.7. The Bertz CT molecular complexity index is 2020. The SMILES string of the molecule is CNc1cc(F)c(F)c2c1[nH]c1ncc(-c3cnc4c(c3)c(=O)c(C(=O)O)cn4C)c(N3C[C@@H]4C(O)CCN(C)[C@@H]4C3)c12. The van der Waals surface area contributed by atoms with Crippen LogP contribution in [0.2, 0.25) is 0 Å².